The molecule has 100 valence electrons. The lowest BCUT2D eigenvalue weighted by molar-refractivity contribution is 1.04. The van der Waals surface area contributed by atoms with E-state index in [1.54, 1.807) is 6.33 Å². The predicted molar refractivity (Wildman–Crippen MR) is 79.7 cm³/mol. The zero-order chi connectivity index (χ0) is 13.7. The van der Waals surface area contributed by atoms with Gasteiger partial charge < -0.3 is 10.6 Å². The number of nitrogens with one attached hydrogen (secondary N) is 2. The van der Waals surface area contributed by atoms with Gasteiger partial charge in [-0.1, -0.05) is 29.8 Å². The van der Waals surface area contributed by atoms with Crippen molar-refractivity contribution in [2.45, 2.75) is 20.4 Å². The Bertz CT molecular complexity index is 557. The van der Waals surface area contributed by atoms with Crippen LogP contribution in [-0.2, 0) is 6.54 Å². The van der Waals surface area contributed by atoms with E-state index < -0.39 is 0 Å². The second-order valence-corrected chi connectivity index (χ2v) is 4.58. The van der Waals surface area contributed by atoms with Gasteiger partial charge in [-0.15, -0.1) is 0 Å². The maximum Gasteiger partial charge on any atom is 0.134 e. The van der Waals surface area contributed by atoms with Gasteiger partial charge in [0.2, 0.25) is 0 Å². The van der Waals surface area contributed by atoms with E-state index in [0.717, 1.165) is 34.3 Å². The zero-order valence-corrected chi connectivity index (χ0v) is 11.8. The summed E-state index contributed by atoms with van der Waals surface area (Å²) in [5.41, 5.74) is 2.06. The van der Waals surface area contributed by atoms with Crippen LogP contribution >= 0.6 is 11.6 Å². The fourth-order valence-corrected chi connectivity index (χ4v) is 2.00. The van der Waals surface area contributed by atoms with Crippen LogP contribution in [0.3, 0.4) is 0 Å². The van der Waals surface area contributed by atoms with E-state index in [9.17, 15) is 0 Å². The number of anilines is 2. The summed E-state index contributed by atoms with van der Waals surface area (Å²) < 4.78 is 0. The molecule has 1 heterocycles. The van der Waals surface area contributed by atoms with Gasteiger partial charge in [-0.2, -0.15) is 0 Å². The average molecular weight is 277 g/mol. The Labute approximate surface area is 118 Å². The van der Waals surface area contributed by atoms with Crippen LogP contribution in [0.4, 0.5) is 11.6 Å². The molecule has 5 heteroatoms. The SMILES string of the molecule is CCNc1ncnc(NCc2ccccc2Cl)c1C. The molecule has 0 aliphatic heterocycles. The van der Waals surface area contributed by atoms with Crippen molar-refractivity contribution in [2.75, 3.05) is 17.2 Å². The number of benzene rings is 1. The highest BCUT2D eigenvalue weighted by atomic mass is 35.5. The summed E-state index contributed by atoms with van der Waals surface area (Å²) in [6.07, 6.45) is 1.56. The third-order valence-corrected chi connectivity index (χ3v) is 3.20. The second kappa shape index (κ2) is 6.38. The molecule has 0 saturated carbocycles. The minimum atomic E-state index is 0.642. The van der Waals surface area contributed by atoms with Gasteiger partial charge in [0.15, 0.2) is 0 Å². The van der Waals surface area contributed by atoms with Crippen molar-refractivity contribution in [1.29, 1.82) is 0 Å². The van der Waals surface area contributed by atoms with Crippen LogP contribution in [0.15, 0.2) is 30.6 Å². The monoisotopic (exact) mass is 276 g/mol. The van der Waals surface area contributed by atoms with E-state index >= 15 is 0 Å². The Morgan fingerprint density at radius 3 is 2.47 bits per heavy atom. The van der Waals surface area contributed by atoms with Gasteiger partial charge in [0, 0.05) is 23.7 Å². The van der Waals surface area contributed by atoms with Crippen LogP contribution in [0, 0.1) is 6.92 Å². The number of halogens is 1. The summed E-state index contributed by atoms with van der Waals surface area (Å²) in [5.74, 6) is 1.69. The highest BCUT2D eigenvalue weighted by Gasteiger charge is 2.06. The van der Waals surface area contributed by atoms with Gasteiger partial charge in [-0.05, 0) is 25.5 Å². The van der Waals surface area contributed by atoms with Gasteiger partial charge in [-0.25, -0.2) is 9.97 Å². The molecule has 2 aromatic rings. The largest absolute Gasteiger partial charge is 0.370 e. The molecule has 0 bridgehead atoms. The molecule has 0 spiro atoms. The highest BCUT2D eigenvalue weighted by molar-refractivity contribution is 6.31. The Balaban J connectivity index is 2.12. The minimum absolute atomic E-state index is 0.642. The Hall–Kier alpha value is -1.81. The molecular weight excluding hydrogens is 260 g/mol. The molecule has 0 aliphatic carbocycles. The molecule has 19 heavy (non-hydrogen) atoms. The summed E-state index contributed by atoms with van der Waals surface area (Å²) >= 11 is 6.13. The molecule has 2 N–H and O–H groups in total. The van der Waals surface area contributed by atoms with Crippen LogP contribution in [0.2, 0.25) is 5.02 Å². The summed E-state index contributed by atoms with van der Waals surface area (Å²) in [7, 11) is 0. The molecule has 0 fully saturated rings. The minimum Gasteiger partial charge on any atom is -0.370 e. The Morgan fingerprint density at radius 2 is 1.79 bits per heavy atom. The maximum absolute atomic E-state index is 6.13. The smallest absolute Gasteiger partial charge is 0.134 e. The van der Waals surface area contributed by atoms with Crippen LogP contribution in [0.5, 0.6) is 0 Å². The third-order valence-electron chi connectivity index (χ3n) is 2.83. The first-order valence-corrected chi connectivity index (χ1v) is 6.63. The van der Waals surface area contributed by atoms with Gasteiger partial charge in [-0.3, -0.25) is 0 Å². The van der Waals surface area contributed by atoms with E-state index in [0.29, 0.717) is 6.54 Å². The normalized spacial score (nSPS) is 10.3. The van der Waals surface area contributed by atoms with E-state index in [1.807, 2.05) is 38.1 Å². The van der Waals surface area contributed by atoms with E-state index in [-0.39, 0.29) is 0 Å². The third kappa shape index (κ3) is 3.35. The highest BCUT2D eigenvalue weighted by Crippen LogP contribution is 2.20. The topological polar surface area (TPSA) is 49.8 Å². The first kappa shape index (κ1) is 13.6. The Morgan fingerprint density at radius 1 is 1.11 bits per heavy atom. The molecule has 0 radical (unpaired) electrons. The summed E-state index contributed by atoms with van der Waals surface area (Å²) in [4.78, 5) is 8.47. The average Bonchev–Trinajstić information content (AvgIpc) is 2.42. The first-order chi connectivity index (χ1) is 9.22. The molecule has 4 nitrogen and oxygen atoms in total. The second-order valence-electron chi connectivity index (χ2n) is 4.17. The predicted octanol–water partition coefficient (Wildman–Crippen LogP) is 3.48. The number of aromatic nitrogens is 2. The van der Waals surface area contributed by atoms with Gasteiger partial charge >= 0.3 is 0 Å². The molecular formula is C14H17ClN4. The number of nitrogens with zero attached hydrogens (tertiary/aromatic N) is 2. The molecule has 0 atom stereocenters. The lowest BCUT2D eigenvalue weighted by atomic mass is 10.2. The fraction of sp³-hybridized carbons (Fsp3) is 0.286. The molecule has 0 unspecified atom stereocenters. The molecule has 0 amide bonds. The number of rotatable bonds is 5. The van der Waals surface area contributed by atoms with Crippen molar-refractivity contribution in [3.05, 3.63) is 46.7 Å². The van der Waals surface area contributed by atoms with Crippen LogP contribution < -0.4 is 10.6 Å². The fourth-order valence-electron chi connectivity index (χ4n) is 1.79. The van der Waals surface area contributed by atoms with Crippen LogP contribution in [0.25, 0.3) is 0 Å². The standard InChI is InChI=1S/C14H17ClN4/c1-3-16-13-10(2)14(19-9-18-13)17-8-11-6-4-5-7-12(11)15/h4-7,9H,3,8H2,1-2H3,(H2,16,17,18,19). The molecule has 2 rings (SSSR count). The summed E-state index contributed by atoms with van der Waals surface area (Å²) in [5, 5.41) is 7.26. The number of hydrogen-bond acceptors (Lipinski definition) is 4. The van der Waals surface area contributed by atoms with Crippen molar-refractivity contribution < 1.29 is 0 Å². The molecule has 1 aromatic heterocycles. The quantitative estimate of drug-likeness (QED) is 0.878. The Kier molecular flexibility index (Phi) is 4.58. The van der Waals surface area contributed by atoms with Crippen molar-refractivity contribution in [2.24, 2.45) is 0 Å². The van der Waals surface area contributed by atoms with E-state index in [2.05, 4.69) is 20.6 Å². The summed E-state index contributed by atoms with van der Waals surface area (Å²) in [6, 6.07) is 7.78. The van der Waals surface area contributed by atoms with Crippen LogP contribution in [0.1, 0.15) is 18.1 Å². The van der Waals surface area contributed by atoms with Crippen molar-refractivity contribution in [1.82, 2.24) is 9.97 Å². The lowest BCUT2D eigenvalue weighted by Gasteiger charge is -2.12. The van der Waals surface area contributed by atoms with E-state index in [4.69, 9.17) is 11.6 Å². The van der Waals surface area contributed by atoms with Gasteiger partial charge in [0.1, 0.15) is 18.0 Å². The maximum atomic E-state index is 6.13. The zero-order valence-electron chi connectivity index (χ0n) is 11.1. The number of hydrogen-bond donors (Lipinski definition) is 2. The van der Waals surface area contributed by atoms with Gasteiger partial charge in [0.25, 0.3) is 0 Å². The first-order valence-electron chi connectivity index (χ1n) is 6.25. The molecule has 0 aliphatic rings. The van der Waals surface area contributed by atoms with Crippen molar-refractivity contribution in [3.8, 4) is 0 Å². The van der Waals surface area contributed by atoms with Crippen molar-refractivity contribution in [3.63, 3.8) is 0 Å². The molecule has 0 saturated heterocycles. The van der Waals surface area contributed by atoms with Crippen molar-refractivity contribution >= 4 is 23.2 Å². The molecule has 1 aromatic carbocycles. The lowest BCUT2D eigenvalue weighted by Crippen LogP contribution is -2.08. The summed E-state index contributed by atoms with van der Waals surface area (Å²) in [6.45, 7) is 5.51. The van der Waals surface area contributed by atoms with E-state index in [1.165, 1.54) is 0 Å². The van der Waals surface area contributed by atoms with Gasteiger partial charge in [0.05, 0.1) is 0 Å². The van der Waals surface area contributed by atoms with Crippen LogP contribution in [-0.4, -0.2) is 16.5 Å².